The standard InChI is InChI=1S/C16H24N2OS/c1-11(2)14-6-4-5-12(3)16(14)18-15(19)9-13-10-20-8-7-17-13/h4-6,11,13,17H,7-10H2,1-3H3,(H,18,19). The average molecular weight is 292 g/mol. The monoisotopic (exact) mass is 292 g/mol. The summed E-state index contributed by atoms with van der Waals surface area (Å²) >= 11 is 1.92. The van der Waals surface area contributed by atoms with E-state index in [9.17, 15) is 4.79 Å². The average Bonchev–Trinajstić information content (AvgIpc) is 2.42. The molecular weight excluding hydrogens is 268 g/mol. The summed E-state index contributed by atoms with van der Waals surface area (Å²) in [6.07, 6.45) is 0.554. The Morgan fingerprint density at radius 3 is 2.95 bits per heavy atom. The summed E-state index contributed by atoms with van der Waals surface area (Å²) in [5.74, 6) is 2.70. The molecule has 1 aromatic carbocycles. The Morgan fingerprint density at radius 2 is 2.30 bits per heavy atom. The van der Waals surface area contributed by atoms with Crippen LogP contribution < -0.4 is 10.6 Å². The molecule has 2 N–H and O–H groups in total. The van der Waals surface area contributed by atoms with E-state index in [1.54, 1.807) is 0 Å². The first-order valence-electron chi connectivity index (χ1n) is 7.28. The van der Waals surface area contributed by atoms with Crippen LogP contribution in [0.15, 0.2) is 18.2 Å². The minimum absolute atomic E-state index is 0.112. The molecule has 1 heterocycles. The van der Waals surface area contributed by atoms with Crippen molar-refractivity contribution in [2.45, 2.75) is 39.2 Å². The van der Waals surface area contributed by atoms with Gasteiger partial charge in [0.1, 0.15) is 0 Å². The van der Waals surface area contributed by atoms with Crippen LogP contribution in [0.25, 0.3) is 0 Å². The lowest BCUT2D eigenvalue weighted by molar-refractivity contribution is -0.116. The van der Waals surface area contributed by atoms with Gasteiger partial charge >= 0.3 is 0 Å². The zero-order valence-electron chi connectivity index (χ0n) is 12.5. The highest BCUT2D eigenvalue weighted by atomic mass is 32.2. The number of aryl methyl sites for hydroxylation is 1. The minimum Gasteiger partial charge on any atom is -0.326 e. The van der Waals surface area contributed by atoms with Gasteiger partial charge in [0.25, 0.3) is 0 Å². The number of para-hydroxylation sites is 1. The van der Waals surface area contributed by atoms with Crippen molar-refractivity contribution in [3.05, 3.63) is 29.3 Å². The molecule has 0 spiro atoms. The topological polar surface area (TPSA) is 41.1 Å². The van der Waals surface area contributed by atoms with Crippen LogP contribution in [0.2, 0.25) is 0 Å². The number of anilines is 1. The lowest BCUT2D eigenvalue weighted by Crippen LogP contribution is -2.40. The number of thioether (sulfide) groups is 1. The van der Waals surface area contributed by atoms with Crippen molar-refractivity contribution in [1.82, 2.24) is 5.32 Å². The first kappa shape index (κ1) is 15.4. The van der Waals surface area contributed by atoms with E-state index < -0.39 is 0 Å². The SMILES string of the molecule is Cc1cccc(C(C)C)c1NC(=O)CC1CSCCN1. The maximum absolute atomic E-state index is 12.2. The number of hydrogen-bond acceptors (Lipinski definition) is 3. The lowest BCUT2D eigenvalue weighted by Gasteiger charge is -2.23. The fourth-order valence-corrected chi connectivity index (χ4v) is 3.46. The van der Waals surface area contributed by atoms with Crippen molar-refractivity contribution in [2.75, 3.05) is 23.4 Å². The Morgan fingerprint density at radius 1 is 1.50 bits per heavy atom. The molecule has 0 bridgehead atoms. The molecular formula is C16H24N2OS. The summed E-state index contributed by atoms with van der Waals surface area (Å²) in [6, 6.07) is 6.51. The molecule has 1 fully saturated rings. The smallest absolute Gasteiger partial charge is 0.225 e. The van der Waals surface area contributed by atoms with Crippen molar-refractivity contribution in [1.29, 1.82) is 0 Å². The second kappa shape index (κ2) is 7.14. The predicted molar refractivity (Wildman–Crippen MR) is 87.6 cm³/mol. The van der Waals surface area contributed by atoms with Crippen LogP contribution in [-0.4, -0.2) is 30.0 Å². The van der Waals surface area contributed by atoms with Gasteiger partial charge in [-0.3, -0.25) is 4.79 Å². The molecule has 0 radical (unpaired) electrons. The van der Waals surface area contributed by atoms with Crippen molar-refractivity contribution in [3.8, 4) is 0 Å². The maximum atomic E-state index is 12.2. The maximum Gasteiger partial charge on any atom is 0.225 e. The second-order valence-electron chi connectivity index (χ2n) is 5.67. The molecule has 4 heteroatoms. The highest BCUT2D eigenvalue weighted by Crippen LogP contribution is 2.27. The van der Waals surface area contributed by atoms with E-state index in [0.29, 0.717) is 18.4 Å². The second-order valence-corrected chi connectivity index (χ2v) is 6.82. The molecule has 1 atom stereocenters. The summed E-state index contributed by atoms with van der Waals surface area (Å²) in [6.45, 7) is 7.37. The molecule has 0 aromatic heterocycles. The van der Waals surface area contributed by atoms with Crippen LogP contribution >= 0.6 is 11.8 Å². The minimum atomic E-state index is 0.112. The van der Waals surface area contributed by atoms with Gasteiger partial charge < -0.3 is 10.6 Å². The third-order valence-corrected chi connectivity index (χ3v) is 4.75. The van der Waals surface area contributed by atoms with E-state index in [2.05, 4.69) is 49.6 Å². The molecule has 1 unspecified atom stereocenters. The van der Waals surface area contributed by atoms with Crippen molar-refractivity contribution >= 4 is 23.4 Å². The van der Waals surface area contributed by atoms with E-state index in [1.165, 1.54) is 5.56 Å². The zero-order valence-corrected chi connectivity index (χ0v) is 13.3. The lowest BCUT2D eigenvalue weighted by atomic mass is 9.98. The first-order chi connectivity index (χ1) is 9.58. The molecule has 3 nitrogen and oxygen atoms in total. The summed E-state index contributed by atoms with van der Waals surface area (Å²) in [5.41, 5.74) is 3.34. The van der Waals surface area contributed by atoms with E-state index in [-0.39, 0.29) is 5.91 Å². The fourth-order valence-electron chi connectivity index (χ4n) is 2.51. The molecule has 1 aromatic rings. The summed E-state index contributed by atoms with van der Waals surface area (Å²) in [5, 5.41) is 6.53. The number of benzene rings is 1. The molecule has 1 aliphatic rings. The van der Waals surface area contributed by atoms with Crippen LogP contribution in [-0.2, 0) is 4.79 Å². The van der Waals surface area contributed by atoms with Crippen LogP contribution in [0.3, 0.4) is 0 Å². The van der Waals surface area contributed by atoms with Gasteiger partial charge in [-0.1, -0.05) is 32.0 Å². The van der Waals surface area contributed by atoms with Crippen LogP contribution in [0.1, 0.15) is 37.3 Å². The number of carbonyl (C=O) groups excluding carboxylic acids is 1. The van der Waals surface area contributed by atoms with Crippen LogP contribution in [0.5, 0.6) is 0 Å². The number of nitrogens with one attached hydrogen (secondary N) is 2. The number of amides is 1. The predicted octanol–water partition coefficient (Wildman–Crippen LogP) is 3.15. The molecule has 1 amide bonds. The molecule has 0 saturated carbocycles. The quantitative estimate of drug-likeness (QED) is 0.895. The first-order valence-corrected chi connectivity index (χ1v) is 8.44. The Balaban J connectivity index is 2.03. The van der Waals surface area contributed by atoms with Gasteiger partial charge in [-0.2, -0.15) is 11.8 Å². The molecule has 2 rings (SSSR count). The van der Waals surface area contributed by atoms with E-state index in [1.807, 2.05) is 11.8 Å². The van der Waals surface area contributed by atoms with Crippen molar-refractivity contribution in [3.63, 3.8) is 0 Å². The van der Waals surface area contributed by atoms with Gasteiger partial charge in [-0.15, -0.1) is 0 Å². The van der Waals surface area contributed by atoms with Gasteiger partial charge in [-0.05, 0) is 24.0 Å². The van der Waals surface area contributed by atoms with Crippen LogP contribution in [0, 0.1) is 6.92 Å². The normalized spacial score (nSPS) is 19.1. The molecule has 110 valence electrons. The Kier molecular flexibility index (Phi) is 5.49. The van der Waals surface area contributed by atoms with Gasteiger partial charge in [0.15, 0.2) is 0 Å². The zero-order chi connectivity index (χ0) is 14.5. The van der Waals surface area contributed by atoms with Crippen LogP contribution in [0.4, 0.5) is 5.69 Å². The number of rotatable bonds is 4. The third kappa shape index (κ3) is 4.00. The molecule has 20 heavy (non-hydrogen) atoms. The largest absolute Gasteiger partial charge is 0.326 e. The number of hydrogen-bond donors (Lipinski definition) is 2. The summed E-state index contributed by atoms with van der Waals surface area (Å²) in [4.78, 5) is 12.2. The van der Waals surface area contributed by atoms with Gasteiger partial charge in [0, 0.05) is 36.2 Å². The Labute approximate surface area is 125 Å². The van der Waals surface area contributed by atoms with E-state index in [0.717, 1.165) is 29.3 Å². The third-order valence-electron chi connectivity index (χ3n) is 3.62. The van der Waals surface area contributed by atoms with Gasteiger partial charge in [0.2, 0.25) is 5.91 Å². The Hall–Kier alpha value is -1.000. The van der Waals surface area contributed by atoms with Gasteiger partial charge in [0.05, 0.1) is 0 Å². The highest BCUT2D eigenvalue weighted by Gasteiger charge is 2.18. The molecule has 1 saturated heterocycles. The number of carbonyl (C=O) groups is 1. The summed E-state index contributed by atoms with van der Waals surface area (Å²) < 4.78 is 0. The van der Waals surface area contributed by atoms with E-state index >= 15 is 0 Å². The Bertz CT molecular complexity index is 468. The van der Waals surface area contributed by atoms with Crippen molar-refractivity contribution in [2.24, 2.45) is 0 Å². The molecule has 1 aliphatic heterocycles. The van der Waals surface area contributed by atoms with Gasteiger partial charge in [-0.25, -0.2) is 0 Å². The summed E-state index contributed by atoms with van der Waals surface area (Å²) in [7, 11) is 0. The molecule has 0 aliphatic carbocycles. The van der Waals surface area contributed by atoms with E-state index in [4.69, 9.17) is 0 Å². The fraction of sp³-hybridized carbons (Fsp3) is 0.562. The van der Waals surface area contributed by atoms with Crippen molar-refractivity contribution < 1.29 is 4.79 Å². The highest BCUT2D eigenvalue weighted by molar-refractivity contribution is 7.99.